The largest absolute Gasteiger partial charge is 0.366 e. The van der Waals surface area contributed by atoms with E-state index >= 15 is 0 Å². The number of nitrogens with one attached hydrogen (secondary N) is 2. The number of rotatable bonds is 3. The van der Waals surface area contributed by atoms with Gasteiger partial charge in [0.05, 0.1) is 6.20 Å². The molecule has 0 saturated heterocycles. The molecule has 2 heterocycles. The van der Waals surface area contributed by atoms with Gasteiger partial charge in [-0.2, -0.15) is 5.10 Å². The molecule has 0 aliphatic carbocycles. The molecule has 0 saturated carbocycles. The molecule has 16 heavy (non-hydrogen) atoms. The van der Waals surface area contributed by atoms with Crippen LogP contribution in [0.3, 0.4) is 0 Å². The van der Waals surface area contributed by atoms with Crippen molar-refractivity contribution < 1.29 is 0 Å². The van der Waals surface area contributed by atoms with Crippen LogP contribution in [0.5, 0.6) is 0 Å². The van der Waals surface area contributed by atoms with Crippen molar-refractivity contribution in [1.82, 2.24) is 19.7 Å². The summed E-state index contributed by atoms with van der Waals surface area (Å²) >= 11 is 0. The summed E-state index contributed by atoms with van der Waals surface area (Å²) in [6.45, 7) is 2.35. The third-order valence-electron chi connectivity index (χ3n) is 2.09. The van der Waals surface area contributed by atoms with Crippen LogP contribution >= 0.6 is 0 Å². The van der Waals surface area contributed by atoms with Gasteiger partial charge in [-0.3, -0.25) is 9.48 Å². The first kappa shape index (κ1) is 10.4. The Balaban J connectivity index is 2.07. The van der Waals surface area contributed by atoms with Crippen LogP contribution in [0.25, 0.3) is 0 Å². The minimum Gasteiger partial charge on any atom is -0.366 e. The number of aryl methyl sites for hydroxylation is 2. The quantitative estimate of drug-likeness (QED) is 0.784. The van der Waals surface area contributed by atoms with E-state index in [1.54, 1.807) is 17.8 Å². The van der Waals surface area contributed by atoms with Crippen molar-refractivity contribution in [2.75, 3.05) is 5.32 Å². The predicted octanol–water partition coefficient (Wildman–Crippen LogP) is 0.424. The number of H-pyrrole nitrogens is 1. The van der Waals surface area contributed by atoms with Gasteiger partial charge in [0.15, 0.2) is 0 Å². The van der Waals surface area contributed by atoms with Crippen molar-refractivity contribution in [2.24, 2.45) is 7.05 Å². The normalized spacial score (nSPS) is 10.4. The van der Waals surface area contributed by atoms with Gasteiger partial charge in [-0.1, -0.05) is 0 Å². The molecule has 0 fully saturated rings. The highest BCUT2D eigenvalue weighted by Gasteiger charge is 1.99. The van der Waals surface area contributed by atoms with E-state index in [1.165, 1.54) is 6.07 Å². The Labute approximate surface area is 92.3 Å². The van der Waals surface area contributed by atoms with Gasteiger partial charge in [-0.05, 0) is 6.92 Å². The van der Waals surface area contributed by atoms with Gasteiger partial charge in [0.2, 0.25) is 0 Å². The molecule has 0 aliphatic heterocycles. The molecule has 0 bridgehead atoms. The molecule has 2 aromatic rings. The van der Waals surface area contributed by atoms with Crippen molar-refractivity contribution >= 4 is 5.82 Å². The number of aromatic amines is 1. The molecule has 0 atom stereocenters. The zero-order chi connectivity index (χ0) is 11.5. The molecule has 0 radical (unpaired) electrons. The van der Waals surface area contributed by atoms with Crippen LogP contribution in [0.4, 0.5) is 5.82 Å². The number of nitrogens with zero attached hydrogens (tertiary/aromatic N) is 3. The lowest BCUT2D eigenvalue weighted by atomic mass is 10.3. The van der Waals surface area contributed by atoms with Crippen LogP contribution in [0, 0.1) is 6.92 Å². The van der Waals surface area contributed by atoms with Gasteiger partial charge >= 0.3 is 0 Å². The zero-order valence-electron chi connectivity index (χ0n) is 9.19. The zero-order valence-corrected chi connectivity index (χ0v) is 9.19. The second-order valence-corrected chi connectivity index (χ2v) is 3.59. The Morgan fingerprint density at radius 1 is 1.56 bits per heavy atom. The van der Waals surface area contributed by atoms with E-state index in [9.17, 15) is 4.79 Å². The molecular formula is C10H13N5O. The summed E-state index contributed by atoms with van der Waals surface area (Å²) in [6, 6.07) is 1.43. The van der Waals surface area contributed by atoms with Crippen LogP contribution in [0.2, 0.25) is 0 Å². The van der Waals surface area contributed by atoms with Crippen molar-refractivity contribution in [2.45, 2.75) is 13.5 Å². The fourth-order valence-corrected chi connectivity index (χ4v) is 1.43. The standard InChI is InChI=1S/C10H13N5O/c1-7-13-9(3-10(16)14-7)11-4-8-5-12-15(2)6-8/h3,5-6H,4H2,1-2H3,(H2,11,13,14,16). The van der Waals surface area contributed by atoms with Crippen molar-refractivity contribution in [1.29, 1.82) is 0 Å². The Bertz CT molecular complexity index is 542. The third-order valence-corrected chi connectivity index (χ3v) is 2.09. The molecule has 0 amide bonds. The van der Waals surface area contributed by atoms with Gasteiger partial charge in [0.25, 0.3) is 5.56 Å². The number of hydrogen-bond donors (Lipinski definition) is 2. The molecular weight excluding hydrogens is 206 g/mol. The molecule has 2 N–H and O–H groups in total. The maximum atomic E-state index is 11.2. The van der Waals surface area contributed by atoms with E-state index in [0.29, 0.717) is 18.2 Å². The highest BCUT2D eigenvalue weighted by molar-refractivity contribution is 5.33. The summed E-state index contributed by atoms with van der Waals surface area (Å²) < 4.78 is 1.73. The topological polar surface area (TPSA) is 75.6 Å². The van der Waals surface area contributed by atoms with Crippen LogP contribution in [0.15, 0.2) is 23.3 Å². The summed E-state index contributed by atoms with van der Waals surface area (Å²) in [5.74, 6) is 1.17. The van der Waals surface area contributed by atoms with Crippen molar-refractivity contribution in [3.05, 3.63) is 40.2 Å². The van der Waals surface area contributed by atoms with E-state index < -0.39 is 0 Å². The molecule has 0 spiro atoms. The smallest absolute Gasteiger partial charge is 0.252 e. The number of hydrogen-bond acceptors (Lipinski definition) is 4. The molecule has 6 heteroatoms. The highest BCUT2D eigenvalue weighted by atomic mass is 16.1. The lowest BCUT2D eigenvalue weighted by Gasteiger charge is -2.03. The maximum absolute atomic E-state index is 11.2. The third kappa shape index (κ3) is 2.47. The Morgan fingerprint density at radius 2 is 2.38 bits per heavy atom. The van der Waals surface area contributed by atoms with Crippen LogP contribution < -0.4 is 10.9 Å². The first-order chi connectivity index (χ1) is 7.63. The van der Waals surface area contributed by atoms with E-state index in [4.69, 9.17) is 0 Å². The molecule has 2 rings (SSSR count). The van der Waals surface area contributed by atoms with Crippen LogP contribution in [-0.4, -0.2) is 19.7 Å². The summed E-state index contributed by atoms with van der Waals surface area (Å²) in [4.78, 5) is 17.9. The van der Waals surface area contributed by atoms with Gasteiger partial charge in [-0.15, -0.1) is 0 Å². The van der Waals surface area contributed by atoms with E-state index in [2.05, 4.69) is 20.4 Å². The Hall–Kier alpha value is -2.11. The SMILES string of the molecule is Cc1nc(NCc2cnn(C)c2)cc(=O)[nH]1. The van der Waals surface area contributed by atoms with Crippen molar-refractivity contribution in [3.8, 4) is 0 Å². The number of aromatic nitrogens is 4. The predicted molar refractivity (Wildman–Crippen MR) is 60.1 cm³/mol. The summed E-state index contributed by atoms with van der Waals surface area (Å²) in [5.41, 5.74) is 0.892. The minimum absolute atomic E-state index is 0.152. The molecule has 84 valence electrons. The monoisotopic (exact) mass is 219 g/mol. The lowest BCUT2D eigenvalue weighted by Crippen LogP contribution is -2.11. The second kappa shape index (κ2) is 4.18. The first-order valence-corrected chi connectivity index (χ1v) is 4.93. The van der Waals surface area contributed by atoms with Crippen molar-refractivity contribution in [3.63, 3.8) is 0 Å². The average Bonchev–Trinajstić information content (AvgIpc) is 2.60. The van der Waals surface area contributed by atoms with Gasteiger partial charge < -0.3 is 10.3 Å². The van der Waals surface area contributed by atoms with E-state index in [1.807, 2.05) is 13.2 Å². The molecule has 6 nitrogen and oxygen atoms in total. The van der Waals surface area contributed by atoms with E-state index in [-0.39, 0.29) is 5.56 Å². The first-order valence-electron chi connectivity index (χ1n) is 4.93. The fourth-order valence-electron chi connectivity index (χ4n) is 1.43. The lowest BCUT2D eigenvalue weighted by molar-refractivity contribution is 0.767. The Kier molecular flexibility index (Phi) is 2.72. The maximum Gasteiger partial charge on any atom is 0.252 e. The second-order valence-electron chi connectivity index (χ2n) is 3.59. The molecule has 0 unspecified atom stereocenters. The van der Waals surface area contributed by atoms with Gasteiger partial charge in [0, 0.05) is 31.4 Å². The fraction of sp³-hybridized carbons (Fsp3) is 0.300. The minimum atomic E-state index is -0.152. The molecule has 2 aromatic heterocycles. The molecule has 0 aromatic carbocycles. The highest BCUT2D eigenvalue weighted by Crippen LogP contribution is 2.02. The summed E-state index contributed by atoms with van der Waals surface area (Å²) in [6.07, 6.45) is 3.68. The van der Waals surface area contributed by atoms with Crippen LogP contribution in [-0.2, 0) is 13.6 Å². The van der Waals surface area contributed by atoms with Gasteiger partial charge in [0.1, 0.15) is 11.6 Å². The van der Waals surface area contributed by atoms with Gasteiger partial charge in [-0.25, -0.2) is 4.98 Å². The summed E-state index contributed by atoms with van der Waals surface area (Å²) in [7, 11) is 1.86. The van der Waals surface area contributed by atoms with Crippen LogP contribution in [0.1, 0.15) is 11.4 Å². The number of anilines is 1. The van der Waals surface area contributed by atoms with E-state index in [0.717, 1.165) is 5.56 Å². The Morgan fingerprint density at radius 3 is 3.00 bits per heavy atom. The summed E-state index contributed by atoms with van der Waals surface area (Å²) in [5, 5.41) is 7.12. The molecule has 0 aliphatic rings. The average molecular weight is 219 g/mol.